The van der Waals surface area contributed by atoms with E-state index in [2.05, 4.69) is 0 Å². The quantitative estimate of drug-likeness (QED) is 0.603. The molecule has 0 aliphatic heterocycles. The zero-order chi connectivity index (χ0) is 15.2. The molecule has 4 heteroatoms. The zero-order valence-corrected chi connectivity index (χ0v) is 12.2. The summed E-state index contributed by atoms with van der Waals surface area (Å²) in [5.41, 5.74) is 0.607. The van der Waals surface area contributed by atoms with Crippen LogP contribution in [0.15, 0.2) is 36.4 Å². The van der Waals surface area contributed by atoms with Crippen LogP contribution in [-0.4, -0.2) is 25.5 Å². The highest BCUT2D eigenvalue weighted by Crippen LogP contribution is 2.29. The second-order valence-electron chi connectivity index (χ2n) is 4.59. The minimum atomic E-state index is -0.344. The molecule has 2 aromatic carbocycles. The molecule has 21 heavy (non-hydrogen) atoms. The summed E-state index contributed by atoms with van der Waals surface area (Å²) in [7, 11) is 1.60. The fraction of sp³-hybridized carbons (Fsp3) is 0.294. The molecule has 0 atom stereocenters. The minimum absolute atomic E-state index is 0.0677. The van der Waals surface area contributed by atoms with Crippen molar-refractivity contribution in [3.05, 3.63) is 42.0 Å². The van der Waals surface area contributed by atoms with Crippen molar-refractivity contribution in [2.75, 3.05) is 13.7 Å². The van der Waals surface area contributed by atoms with Crippen LogP contribution < -0.4 is 4.74 Å². The third kappa shape index (κ3) is 3.40. The van der Waals surface area contributed by atoms with Crippen LogP contribution >= 0.6 is 0 Å². The normalized spacial score (nSPS) is 10.4. The van der Waals surface area contributed by atoms with Crippen molar-refractivity contribution < 1.29 is 19.1 Å². The van der Waals surface area contributed by atoms with Gasteiger partial charge < -0.3 is 9.47 Å². The molecule has 0 aliphatic carbocycles. The van der Waals surface area contributed by atoms with Gasteiger partial charge in [-0.1, -0.05) is 24.3 Å². The van der Waals surface area contributed by atoms with Gasteiger partial charge in [0, 0.05) is 17.4 Å². The first-order chi connectivity index (χ1) is 10.2. The summed E-state index contributed by atoms with van der Waals surface area (Å²) in [4.78, 5) is 23.7. The van der Waals surface area contributed by atoms with E-state index in [0.29, 0.717) is 12.2 Å². The summed E-state index contributed by atoms with van der Waals surface area (Å²) in [5, 5.41) is 1.73. The molecule has 2 rings (SSSR count). The Bertz CT molecular complexity index is 661. The van der Waals surface area contributed by atoms with E-state index in [1.807, 2.05) is 24.3 Å². The summed E-state index contributed by atoms with van der Waals surface area (Å²) in [5.74, 6) is 0.318. The van der Waals surface area contributed by atoms with E-state index in [0.717, 1.165) is 16.5 Å². The molecule has 4 nitrogen and oxygen atoms in total. The molecule has 110 valence electrons. The van der Waals surface area contributed by atoms with Gasteiger partial charge in [0.2, 0.25) is 0 Å². The number of ketones is 1. The average Bonchev–Trinajstić information content (AvgIpc) is 2.51. The number of carbonyl (C=O) groups is 2. The van der Waals surface area contributed by atoms with Gasteiger partial charge in [-0.2, -0.15) is 0 Å². The Morgan fingerprint density at radius 3 is 2.38 bits per heavy atom. The number of hydrogen-bond donors (Lipinski definition) is 0. The highest BCUT2D eigenvalue weighted by atomic mass is 16.5. The molecule has 0 spiro atoms. The summed E-state index contributed by atoms with van der Waals surface area (Å²) < 4.78 is 10.1. The van der Waals surface area contributed by atoms with Crippen LogP contribution in [0.25, 0.3) is 10.8 Å². The maximum atomic E-state index is 12.3. The van der Waals surface area contributed by atoms with Gasteiger partial charge in [-0.15, -0.1) is 0 Å². The lowest BCUT2D eigenvalue weighted by Crippen LogP contribution is -2.08. The van der Waals surface area contributed by atoms with Crippen molar-refractivity contribution in [2.24, 2.45) is 0 Å². The molecule has 0 N–H and O–H groups in total. The first kappa shape index (κ1) is 15.0. The zero-order valence-electron chi connectivity index (χ0n) is 12.2. The number of hydrogen-bond acceptors (Lipinski definition) is 4. The van der Waals surface area contributed by atoms with Crippen LogP contribution in [0.3, 0.4) is 0 Å². The molecule has 0 saturated heterocycles. The number of rotatable bonds is 6. The Labute approximate surface area is 123 Å². The number of esters is 1. The minimum Gasteiger partial charge on any atom is -0.496 e. The first-order valence-electron chi connectivity index (χ1n) is 6.92. The maximum absolute atomic E-state index is 12.3. The van der Waals surface area contributed by atoms with Crippen LogP contribution in [0.2, 0.25) is 0 Å². The van der Waals surface area contributed by atoms with E-state index >= 15 is 0 Å². The van der Waals surface area contributed by atoms with Crippen LogP contribution in [0.5, 0.6) is 5.75 Å². The molecule has 0 fully saturated rings. The van der Waals surface area contributed by atoms with Crippen molar-refractivity contribution in [3.8, 4) is 5.75 Å². The lowest BCUT2D eigenvalue weighted by molar-refractivity contribution is -0.143. The van der Waals surface area contributed by atoms with E-state index in [1.165, 1.54) is 0 Å². The molecule has 0 radical (unpaired) electrons. The van der Waals surface area contributed by atoms with E-state index in [-0.39, 0.29) is 24.6 Å². The van der Waals surface area contributed by atoms with Gasteiger partial charge in [0.1, 0.15) is 5.75 Å². The lowest BCUT2D eigenvalue weighted by Gasteiger charge is -2.09. The van der Waals surface area contributed by atoms with Crippen molar-refractivity contribution in [1.29, 1.82) is 0 Å². The Morgan fingerprint density at radius 2 is 1.71 bits per heavy atom. The Balaban J connectivity index is 2.26. The molecule has 0 bridgehead atoms. The number of ether oxygens (including phenoxy) is 2. The number of carbonyl (C=O) groups excluding carboxylic acids is 2. The van der Waals surface area contributed by atoms with Crippen molar-refractivity contribution in [1.82, 2.24) is 0 Å². The first-order valence-corrected chi connectivity index (χ1v) is 6.92. The molecule has 0 amide bonds. The Hall–Kier alpha value is -2.36. The summed E-state index contributed by atoms with van der Waals surface area (Å²) in [6, 6.07) is 11.1. The monoisotopic (exact) mass is 286 g/mol. The molecule has 0 heterocycles. The topological polar surface area (TPSA) is 52.6 Å². The van der Waals surface area contributed by atoms with Gasteiger partial charge in [-0.3, -0.25) is 9.59 Å². The van der Waals surface area contributed by atoms with Crippen molar-refractivity contribution in [3.63, 3.8) is 0 Å². The lowest BCUT2D eigenvalue weighted by atomic mass is 9.98. The number of methoxy groups -OCH3 is 1. The summed E-state index contributed by atoms with van der Waals surface area (Å²) in [6.45, 7) is 2.08. The standard InChI is InChI=1S/C17H18O4/c1-3-21-17(19)11-9-15(18)13-8-10-16(20-2)14-7-5-4-6-12(13)14/h4-8,10H,3,9,11H2,1-2H3. The van der Waals surface area contributed by atoms with Crippen molar-refractivity contribution in [2.45, 2.75) is 19.8 Å². The van der Waals surface area contributed by atoms with Gasteiger partial charge in [-0.05, 0) is 24.4 Å². The highest BCUT2D eigenvalue weighted by molar-refractivity contribution is 6.10. The van der Waals surface area contributed by atoms with Crippen LogP contribution in [0, 0.1) is 0 Å². The Morgan fingerprint density at radius 1 is 1.00 bits per heavy atom. The van der Waals surface area contributed by atoms with Gasteiger partial charge in [0.25, 0.3) is 0 Å². The predicted octanol–water partition coefficient (Wildman–Crippen LogP) is 3.37. The van der Waals surface area contributed by atoms with E-state index in [1.54, 1.807) is 26.2 Å². The number of benzene rings is 2. The second kappa shape index (κ2) is 6.88. The van der Waals surface area contributed by atoms with Crippen LogP contribution in [-0.2, 0) is 9.53 Å². The van der Waals surface area contributed by atoms with Gasteiger partial charge in [-0.25, -0.2) is 0 Å². The fourth-order valence-electron chi connectivity index (χ4n) is 2.28. The largest absolute Gasteiger partial charge is 0.496 e. The summed E-state index contributed by atoms with van der Waals surface area (Å²) >= 11 is 0. The van der Waals surface area contributed by atoms with Crippen LogP contribution in [0.1, 0.15) is 30.1 Å². The third-order valence-electron chi connectivity index (χ3n) is 3.27. The van der Waals surface area contributed by atoms with E-state index in [9.17, 15) is 9.59 Å². The van der Waals surface area contributed by atoms with E-state index in [4.69, 9.17) is 9.47 Å². The molecular weight excluding hydrogens is 268 g/mol. The smallest absolute Gasteiger partial charge is 0.306 e. The maximum Gasteiger partial charge on any atom is 0.306 e. The molecule has 0 aromatic heterocycles. The molecular formula is C17H18O4. The fourth-order valence-corrected chi connectivity index (χ4v) is 2.28. The van der Waals surface area contributed by atoms with Crippen LogP contribution in [0.4, 0.5) is 0 Å². The molecule has 2 aromatic rings. The SMILES string of the molecule is CCOC(=O)CCC(=O)c1ccc(OC)c2ccccc12. The third-order valence-corrected chi connectivity index (χ3v) is 3.27. The molecule has 0 unspecified atom stereocenters. The average molecular weight is 286 g/mol. The van der Waals surface area contributed by atoms with E-state index < -0.39 is 0 Å². The van der Waals surface area contributed by atoms with Gasteiger partial charge in [0.15, 0.2) is 5.78 Å². The van der Waals surface area contributed by atoms with Gasteiger partial charge in [0.05, 0.1) is 20.1 Å². The van der Waals surface area contributed by atoms with Gasteiger partial charge >= 0.3 is 5.97 Å². The Kier molecular flexibility index (Phi) is 4.93. The number of Topliss-reactive ketones (excluding diaryl/α,β-unsaturated/α-hetero) is 1. The molecule has 0 saturated carbocycles. The molecule has 0 aliphatic rings. The summed E-state index contributed by atoms with van der Waals surface area (Å²) in [6.07, 6.45) is 0.252. The predicted molar refractivity (Wildman–Crippen MR) is 80.7 cm³/mol. The second-order valence-corrected chi connectivity index (χ2v) is 4.59. The highest BCUT2D eigenvalue weighted by Gasteiger charge is 2.14. The number of fused-ring (bicyclic) bond motifs is 1. The van der Waals surface area contributed by atoms with Crippen molar-refractivity contribution >= 4 is 22.5 Å².